The molecule has 0 aliphatic carbocycles. The van der Waals surface area contributed by atoms with Gasteiger partial charge in [0.1, 0.15) is 5.75 Å². The van der Waals surface area contributed by atoms with Crippen LogP contribution in [0, 0.1) is 0 Å². The van der Waals surface area contributed by atoms with Crippen LogP contribution < -0.4 is 14.8 Å². The lowest BCUT2D eigenvalue weighted by Crippen LogP contribution is -2.40. The largest absolute Gasteiger partial charge is 0.492 e. The van der Waals surface area contributed by atoms with Gasteiger partial charge in [-0.25, -0.2) is 13.1 Å². The molecular weight excluding hydrogens is 316 g/mol. The van der Waals surface area contributed by atoms with Gasteiger partial charge in [-0.2, -0.15) is 0 Å². The second-order valence-corrected chi connectivity index (χ2v) is 7.14. The minimum absolute atomic E-state index is 0.0595. The molecule has 21 heavy (non-hydrogen) atoms. The lowest BCUT2D eigenvalue weighted by atomic mass is 10.0. The average Bonchev–Trinajstić information content (AvgIpc) is 2.46. The number of halogens is 1. The smallest absolute Gasteiger partial charge is 0.235 e. The van der Waals surface area contributed by atoms with Gasteiger partial charge in [-0.15, -0.1) is 0 Å². The second kappa shape index (κ2) is 6.64. The van der Waals surface area contributed by atoms with E-state index in [2.05, 4.69) is 10.0 Å². The number of fused-ring (bicyclic) bond motifs is 1. The van der Waals surface area contributed by atoms with Crippen molar-refractivity contribution in [2.24, 2.45) is 0 Å². The van der Waals surface area contributed by atoms with E-state index in [0.717, 1.165) is 5.56 Å². The van der Waals surface area contributed by atoms with Crippen LogP contribution in [0.4, 0.5) is 0 Å². The number of carbonyl (C=O) groups excluding carboxylic acids is 1. The van der Waals surface area contributed by atoms with Gasteiger partial charge < -0.3 is 10.1 Å². The number of amides is 1. The third-order valence-electron chi connectivity index (χ3n) is 3.19. The minimum Gasteiger partial charge on any atom is -0.492 e. The first-order valence-corrected chi connectivity index (χ1v) is 8.64. The zero-order valence-electron chi connectivity index (χ0n) is 11.6. The summed E-state index contributed by atoms with van der Waals surface area (Å²) < 4.78 is 30.4. The van der Waals surface area contributed by atoms with Crippen molar-refractivity contribution in [3.8, 4) is 5.75 Å². The van der Waals surface area contributed by atoms with E-state index in [-0.39, 0.29) is 24.2 Å². The topological polar surface area (TPSA) is 84.5 Å². The van der Waals surface area contributed by atoms with Crippen LogP contribution in [0.25, 0.3) is 0 Å². The van der Waals surface area contributed by atoms with Crippen molar-refractivity contribution >= 4 is 27.5 Å². The van der Waals surface area contributed by atoms with Gasteiger partial charge in [-0.05, 0) is 13.0 Å². The summed E-state index contributed by atoms with van der Waals surface area (Å²) in [4.78, 5) is 11.9. The normalized spacial score (nSPS) is 17.7. The Morgan fingerprint density at radius 1 is 1.48 bits per heavy atom. The SMILES string of the molecule is CCS(=O)(=O)NCC(=O)N[C@H]1CCOc2c(Cl)cccc21. The number of nitrogens with one attached hydrogen (secondary N) is 2. The minimum atomic E-state index is -3.38. The Bertz CT molecular complexity index is 633. The van der Waals surface area contributed by atoms with Crippen LogP contribution in [0.15, 0.2) is 18.2 Å². The van der Waals surface area contributed by atoms with Crippen LogP contribution in [-0.4, -0.2) is 33.2 Å². The van der Waals surface area contributed by atoms with E-state index >= 15 is 0 Å². The fraction of sp³-hybridized carbons (Fsp3) is 0.462. The summed E-state index contributed by atoms with van der Waals surface area (Å²) in [7, 11) is -3.38. The van der Waals surface area contributed by atoms with Gasteiger partial charge >= 0.3 is 0 Å². The van der Waals surface area contributed by atoms with Crippen molar-refractivity contribution in [3.63, 3.8) is 0 Å². The summed E-state index contributed by atoms with van der Waals surface area (Å²) >= 11 is 6.05. The van der Waals surface area contributed by atoms with Crippen molar-refractivity contribution in [2.75, 3.05) is 18.9 Å². The fourth-order valence-corrected chi connectivity index (χ4v) is 2.85. The molecule has 116 valence electrons. The number of benzene rings is 1. The molecule has 1 amide bonds. The van der Waals surface area contributed by atoms with Crippen LogP contribution >= 0.6 is 11.6 Å². The standard InChI is InChI=1S/C13H17ClN2O4S/c1-2-21(18,19)15-8-12(17)16-11-6-7-20-13-9(11)4-3-5-10(13)14/h3-5,11,15H,2,6-8H2,1H3,(H,16,17)/t11-/m0/s1. The van der Waals surface area contributed by atoms with E-state index in [4.69, 9.17) is 16.3 Å². The van der Waals surface area contributed by atoms with Crippen molar-refractivity contribution in [3.05, 3.63) is 28.8 Å². The molecule has 0 bridgehead atoms. The highest BCUT2D eigenvalue weighted by Crippen LogP contribution is 2.37. The monoisotopic (exact) mass is 332 g/mol. The number of sulfonamides is 1. The molecule has 0 saturated heterocycles. The van der Waals surface area contributed by atoms with Crippen molar-refractivity contribution < 1.29 is 17.9 Å². The highest BCUT2D eigenvalue weighted by Gasteiger charge is 2.24. The summed E-state index contributed by atoms with van der Waals surface area (Å²) in [6.07, 6.45) is 0.611. The van der Waals surface area contributed by atoms with Gasteiger partial charge in [0.15, 0.2) is 0 Å². The molecule has 1 aliphatic heterocycles. The van der Waals surface area contributed by atoms with Crippen LogP contribution in [0.1, 0.15) is 24.9 Å². The molecule has 6 nitrogen and oxygen atoms in total. The van der Waals surface area contributed by atoms with E-state index in [1.807, 2.05) is 6.07 Å². The summed E-state index contributed by atoms with van der Waals surface area (Å²) in [5.74, 6) is 0.130. The molecule has 1 atom stereocenters. The number of para-hydroxylation sites is 1. The van der Waals surface area contributed by atoms with E-state index in [1.54, 1.807) is 12.1 Å². The van der Waals surface area contributed by atoms with Crippen LogP contribution in [0.5, 0.6) is 5.75 Å². The molecule has 1 heterocycles. The van der Waals surface area contributed by atoms with Crippen LogP contribution in [0.3, 0.4) is 0 Å². The van der Waals surface area contributed by atoms with Crippen LogP contribution in [0.2, 0.25) is 5.02 Å². The molecule has 0 aromatic heterocycles. The van der Waals surface area contributed by atoms with Gasteiger partial charge in [-0.1, -0.05) is 23.7 Å². The van der Waals surface area contributed by atoms with Gasteiger partial charge in [0.25, 0.3) is 0 Å². The molecule has 2 N–H and O–H groups in total. The number of hydrogen-bond acceptors (Lipinski definition) is 4. The number of ether oxygens (including phenoxy) is 1. The maximum atomic E-state index is 11.9. The summed E-state index contributed by atoms with van der Waals surface area (Å²) in [5.41, 5.74) is 0.806. The number of rotatable bonds is 5. The van der Waals surface area contributed by atoms with Gasteiger partial charge in [-0.3, -0.25) is 4.79 Å². The number of carbonyl (C=O) groups is 1. The Balaban J connectivity index is 2.02. The molecule has 2 rings (SSSR count). The summed E-state index contributed by atoms with van der Waals surface area (Å²) in [6, 6.07) is 5.11. The quantitative estimate of drug-likeness (QED) is 0.849. The van der Waals surface area contributed by atoms with E-state index < -0.39 is 10.0 Å². The first-order valence-electron chi connectivity index (χ1n) is 6.61. The molecule has 0 fully saturated rings. The Hall–Kier alpha value is -1.31. The molecule has 0 radical (unpaired) electrons. The zero-order chi connectivity index (χ0) is 15.5. The van der Waals surface area contributed by atoms with Crippen LogP contribution in [-0.2, 0) is 14.8 Å². The second-order valence-electron chi connectivity index (χ2n) is 4.64. The van der Waals surface area contributed by atoms with Gasteiger partial charge in [0.2, 0.25) is 15.9 Å². The van der Waals surface area contributed by atoms with Crippen molar-refractivity contribution in [1.82, 2.24) is 10.0 Å². The Morgan fingerprint density at radius 2 is 2.24 bits per heavy atom. The highest BCUT2D eigenvalue weighted by molar-refractivity contribution is 7.89. The molecule has 1 aliphatic rings. The molecular formula is C13H17ClN2O4S. The zero-order valence-corrected chi connectivity index (χ0v) is 13.1. The Kier molecular flexibility index (Phi) is 5.08. The molecule has 8 heteroatoms. The average molecular weight is 333 g/mol. The van der Waals surface area contributed by atoms with E-state index in [1.165, 1.54) is 6.92 Å². The molecule has 0 spiro atoms. The van der Waals surface area contributed by atoms with E-state index in [0.29, 0.717) is 23.8 Å². The van der Waals surface area contributed by atoms with E-state index in [9.17, 15) is 13.2 Å². The van der Waals surface area contributed by atoms with Crippen molar-refractivity contribution in [2.45, 2.75) is 19.4 Å². The predicted molar refractivity (Wildman–Crippen MR) is 79.9 cm³/mol. The maximum absolute atomic E-state index is 11.9. The molecule has 1 aromatic carbocycles. The first kappa shape index (κ1) is 16.1. The Labute approximate surface area is 128 Å². The summed E-state index contributed by atoms with van der Waals surface area (Å²) in [6.45, 7) is 1.68. The lowest BCUT2D eigenvalue weighted by Gasteiger charge is -2.27. The van der Waals surface area contributed by atoms with Crippen molar-refractivity contribution in [1.29, 1.82) is 0 Å². The molecule has 0 unspecified atom stereocenters. The predicted octanol–water partition coefficient (Wildman–Crippen LogP) is 1.22. The summed E-state index contributed by atoms with van der Waals surface area (Å²) in [5, 5.41) is 3.29. The third-order valence-corrected chi connectivity index (χ3v) is 4.84. The van der Waals surface area contributed by atoms with Gasteiger partial charge in [0.05, 0.1) is 30.0 Å². The fourth-order valence-electron chi connectivity index (χ4n) is 2.06. The third kappa shape index (κ3) is 4.09. The first-order chi connectivity index (χ1) is 9.93. The lowest BCUT2D eigenvalue weighted by molar-refractivity contribution is -0.120. The molecule has 1 aromatic rings. The van der Waals surface area contributed by atoms with Gasteiger partial charge in [0, 0.05) is 12.0 Å². The highest BCUT2D eigenvalue weighted by atomic mass is 35.5. The number of hydrogen-bond donors (Lipinski definition) is 2. The Morgan fingerprint density at radius 3 is 2.95 bits per heavy atom. The molecule has 0 saturated carbocycles. The maximum Gasteiger partial charge on any atom is 0.235 e.